The molecule has 0 radical (unpaired) electrons. The van der Waals surface area contributed by atoms with Crippen LogP contribution in [-0.4, -0.2) is 31.7 Å². The van der Waals surface area contributed by atoms with E-state index in [0.29, 0.717) is 9.23 Å². The summed E-state index contributed by atoms with van der Waals surface area (Å²) >= 11 is 6.44. The molecule has 2 heterocycles. The van der Waals surface area contributed by atoms with E-state index >= 15 is 0 Å². The summed E-state index contributed by atoms with van der Waals surface area (Å²) in [5, 5.41) is 10.8. The Morgan fingerprint density at radius 3 is 2.40 bits per heavy atom. The first-order chi connectivity index (χ1) is 11.8. The molecule has 0 bridgehead atoms. The van der Waals surface area contributed by atoms with Crippen molar-refractivity contribution in [1.82, 2.24) is 9.47 Å². The van der Waals surface area contributed by atoms with Crippen molar-refractivity contribution in [3.8, 4) is 5.69 Å². The number of nitrogens with zero attached hydrogens (tertiary/aromatic N) is 3. The molecule has 3 rings (SSSR count). The van der Waals surface area contributed by atoms with Gasteiger partial charge in [-0.3, -0.25) is 19.8 Å². The molecule has 25 heavy (non-hydrogen) atoms. The monoisotopic (exact) mass is 373 g/mol. The topological polar surface area (TPSA) is 68.4 Å². The van der Waals surface area contributed by atoms with Crippen molar-refractivity contribution in [2.45, 2.75) is 13.8 Å². The summed E-state index contributed by atoms with van der Waals surface area (Å²) in [6, 6.07) is 8.38. The average Bonchev–Trinajstić information content (AvgIpc) is 2.98. The van der Waals surface area contributed by atoms with Crippen molar-refractivity contribution in [3.05, 3.63) is 62.3 Å². The minimum Gasteiger partial charge on any atom is -0.318 e. The van der Waals surface area contributed by atoms with Gasteiger partial charge in [-0.05, 0) is 43.7 Å². The largest absolute Gasteiger partial charge is 0.318 e. The standard InChI is InChI=1S/C17H15N3O3S2/c1-10-8-12(9-15-16(21)18(3)17(24)25-15)11(2)19(10)13-4-6-14(7-5-13)20(22)23/h4-9H,1-3H3/b15-9+. The third-order valence-electron chi connectivity index (χ3n) is 4.06. The summed E-state index contributed by atoms with van der Waals surface area (Å²) < 4.78 is 2.54. The number of nitro groups is 1. The van der Waals surface area contributed by atoms with Crippen molar-refractivity contribution in [3.63, 3.8) is 0 Å². The van der Waals surface area contributed by atoms with Gasteiger partial charge < -0.3 is 4.57 Å². The van der Waals surface area contributed by atoms with E-state index in [0.717, 1.165) is 22.6 Å². The van der Waals surface area contributed by atoms with Gasteiger partial charge in [0.2, 0.25) is 0 Å². The number of hydrogen-bond acceptors (Lipinski definition) is 5. The van der Waals surface area contributed by atoms with Crippen LogP contribution in [0.2, 0.25) is 0 Å². The summed E-state index contributed by atoms with van der Waals surface area (Å²) in [4.78, 5) is 24.6. The molecule has 6 nitrogen and oxygen atoms in total. The third-order valence-corrected chi connectivity index (χ3v) is 5.55. The van der Waals surface area contributed by atoms with Gasteiger partial charge in [-0.2, -0.15) is 0 Å². The van der Waals surface area contributed by atoms with E-state index in [9.17, 15) is 14.9 Å². The van der Waals surface area contributed by atoms with Gasteiger partial charge in [0.05, 0.1) is 9.83 Å². The fourth-order valence-corrected chi connectivity index (χ4v) is 3.91. The van der Waals surface area contributed by atoms with Gasteiger partial charge in [0.15, 0.2) is 0 Å². The van der Waals surface area contributed by atoms with E-state index in [1.165, 1.54) is 28.8 Å². The normalized spacial score (nSPS) is 16.1. The molecule has 0 aliphatic carbocycles. The number of nitro benzene ring substituents is 1. The zero-order chi connectivity index (χ0) is 18.3. The second-order valence-electron chi connectivity index (χ2n) is 5.68. The van der Waals surface area contributed by atoms with E-state index < -0.39 is 4.92 Å². The van der Waals surface area contributed by atoms with Crippen LogP contribution in [0, 0.1) is 24.0 Å². The molecule has 0 spiro atoms. The zero-order valence-electron chi connectivity index (χ0n) is 13.8. The number of amides is 1. The van der Waals surface area contributed by atoms with Crippen LogP contribution in [0.3, 0.4) is 0 Å². The fraction of sp³-hybridized carbons (Fsp3) is 0.176. The molecule has 1 aromatic carbocycles. The van der Waals surface area contributed by atoms with Crippen LogP contribution in [0.25, 0.3) is 11.8 Å². The second-order valence-corrected chi connectivity index (χ2v) is 7.35. The highest BCUT2D eigenvalue weighted by atomic mass is 32.2. The number of carbonyl (C=O) groups excluding carboxylic acids is 1. The molecule has 1 amide bonds. The van der Waals surface area contributed by atoms with Gasteiger partial charge in [-0.25, -0.2) is 0 Å². The lowest BCUT2D eigenvalue weighted by atomic mass is 10.2. The quantitative estimate of drug-likeness (QED) is 0.354. The molecule has 2 aromatic rings. The van der Waals surface area contributed by atoms with Crippen LogP contribution in [-0.2, 0) is 4.79 Å². The number of carbonyl (C=O) groups is 1. The first kappa shape index (κ1) is 17.4. The molecule has 0 N–H and O–H groups in total. The van der Waals surface area contributed by atoms with Gasteiger partial charge in [-0.15, -0.1) is 0 Å². The first-order valence-electron chi connectivity index (χ1n) is 7.45. The van der Waals surface area contributed by atoms with Gasteiger partial charge in [-0.1, -0.05) is 24.0 Å². The number of rotatable bonds is 3. The number of benzene rings is 1. The van der Waals surface area contributed by atoms with E-state index in [1.807, 2.05) is 30.6 Å². The summed E-state index contributed by atoms with van der Waals surface area (Å²) in [6.07, 6.45) is 1.84. The van der Waals surface area contributed by atoms with E-state index in [1.54, 1.807) is 19.2 Å². The predicted molar refractivity (Wildman–Crippen MR) is 103 cm³/mol. The van der Waals surface area contributed by atoms with Crippen LogP contribution < -0.4 is 0 Å². The van der Waals surface area contributed by atoms with E-state index in [-0.39, 0.29) is 11.6 Å². The highest BCUT2D eigenvalue weighted by molar-refractivity contribution is 8.26. The van der Waals surface area contributed by atoms with Crippen LogP contribution in [0.5, 0.6) is 0 Å². The SMILES string of the molecule is Cc1cc(/C=C2/SC(=S)N(C)C2=O)c(C)n1-c1ccc([N+](=O)[O-])cc1. The molecule has 1 aliphatic rings. The van der Waals surface area contributed by atoms with Gasteiger partial charge >= 0.3 is 0 Å². The molecule has 1 aliphatic heterocycles. The Hall–Kier alpha value is -2.45. The van der Waals surface area contributed by atoms with Crippen LogP contribution in [0.15, 0.2) is 35.2 Å². The Labute approximate surface area is 154 Å². The van der Waals surface area contributed by atoms with E-state index in [4.69, 9.17) is 12.2 Å². The lowest BCUT2D eigenvalue weighted by molar-refractivity contribution is -0.384. The lowest BCUT2D eigenvalue weighted by Gasteiger charge is -2.09. The molecule has 8 heteroatoms. The lowest BCUT2D eigenvalue weighted by Crippen LogP contribution is -2.22. The van der Waals surface area contributed by atoms with Crippen molar-refractivity contribution in [2.24, 2.45) is 0 Å². The first-order valence-corrected chi connectivity index (χ1v) is 8.67. The average molecular weight is 373 g/mol. The van der Waals surface area contributed by atoms with E-state index in [2.05, 4.69) is 0 Å². The number of aryl methyl sites for hydroxylation is 1. The number of aromatic nitrogens is 1. The Kier molecular flexibility index (Phi) is 4.49. The summed E-state index contributed by atoms with van der Waals surface area (Å²) in [7, 11) is 1.67. The molecule has 128 valence electrons. The predicted octanol–water partition coefficient (Wildman–Crippen LogP) is 3.83. The molecule has 0 unspecified atom stereocenters. The Bertz CT molecular complexity index is 929. The smallest absolute Gasteiger partial charge is 0.269 e. The van der Waals surface area contributed by atoms with Gasteiger partial charge in [0.25, 0.3) is 11.6 Å². The highest BCUT2D eigenvalue weighted by Crippen LogP contribution is 2.33. The number of likely N-dealkylation sites (N-methyl/N-ethyl adjacent to an activating group) is 1. The maximum Gasteiger partial charge on any atom is 0.269 e. The molecule has 0 atom stereocenters. The highest BCUT2D eigenvalue weighted by Gasteiger charge is 2.29. The maximum atomic E-state index is 12.2. The van der Waals surface area contributed by atoms with Crippen LogP contribution >= 0.6 is 24.0 Å². The molecule has 1 saturated heterocycles. The molecule has 1 fully saturated rings. The van der Waals surface area contributed by atoms with Crippen molar-refractivity contribution in [1.29, 1.82) is 0 Å². The Morgan fingerprint density at radius 2 is 1.88 bits per heavy atom. The van der Waals surface area contributed by atoms with Gasteiger partial charge in [0.1, 0.15) is 4.32 Å². The summed E-state index contributed by atoms with van der Waals surface area (Å²) in [5.74, 6) is -0.102. The van der Waals surface area contributed by atoms with Crippen LogP contribution in [0.1, 0.15) is 17.0 Å². The Morgan fingerprint density at radius 1 is 1.24 bits per heavy atom. The summed E-state index contributed by atoms with van der Waals surface area (Å²) in [5.41, 5.74) is 3.74. The third kappa shape index (κ3) is 3.10. The van der Waals surface area contributed by atoms with Gasteiger partial charge in [0, 0.05) is 36.3 Å². The maximum absolute atomic E-state index is 12.2. The molecule has 0 saturated carbocycles. The number of thioether (sulfide) groups is 1. The Balaban J connectivity index is 2.01. The minimum atomic E-state index is -0.419. The second kappa shape index (κ2) is 6.45. The molecular weight excluding hydrogens is 358 g/mol. The van der Waals surface area contributed by atoms with Crippen molar-refractivity contribution >= 4 is 46.0 Å². The number of non-ortho nitro benzene ring substituents is 1. The zero-order valence-corrected chi connectivity index (χ0v) is 15.5. The minimum absolute atomic E-state index is 0.0538. The number of hydrogen-bond donors (Lipinski definition) is 0. The molecular formula is C17H15N3O3S2. The fourth-order valence-electron chi connectivity index (χ4n) is 2.74. The number of thiocarbonyl (C=S) groups is 1. The van der Waals surface area contributed by atoms with Crippen molar-refractivity contribution < 1.29 is 9.72 Å². The summed E-state index contributed by atoms with van der Waals surface area (Å²) in [6.45, 7) is 3.91. The van der Waals surface area contributed by atoms with Crippen molar-refractivity contribution in [2.75, 3.05) is 7.05 Å². The molecule has 1 aromatic heterocycles. The van der Waals surface area contributed by atoms with Crippen LogP contribution in [0.4, 0.5) is 5.69 Å².